The van der Waals surface area contributed by atoms with Crippen molar-refractivity contribution in [3.05, 3.63) is 30.2 Å². The monoisotopic (exact) mass is 241 g/mol. The van der Waals surface area contributed by atoms with Crippen LogP contribution in [0.15, 0.2) is 28.8 Å². The highest BCUT2D eigenvalue weighted by molar-refractivity contribution is 5.55. The molecule has 0 radical (unpaired) electrons. The molecule has 7 heteroatoms. The lowest BCUT2D eigenvalue weighted by Gasteiger charge is -2.03. The molecule has 2 rings (SSSR count). The Morgan fingerprint density at radius 1 is 1.29 bits per heavy atom. The second-order valence-electron chi connectivity index (χ2n) is 3.12. The summed E-state index contributed by atoms with van der Waals surface area (Å²) in [7, 11) is 0. The van der Waals surface area contributed by atoms with Gasteiger partial charge in [-0.3, -0.25) is 0 Å². The summed E-state index contributed by atoms with van der Waals surface area (Å²) in [4.78, 5) is 4.00. The number of nitrogens with two attached hydrogens (primary N) is 1. The average Bonchev–Trinajstić information content (AvgIpc) is 2.78. The van der Waals surface area contributed by atoms with Crippen LogP contribution in [0.4, 0.5) is 8.78 Å². The van der Waals surface area contributed by atoms with Crippen LogP contribution >= 0.6 is 0 Å². The Labute approximate surface area is 95.2 Å². The number of nitrogens with zero attached hydrogens (tertiary/aromatic N) is 2. The van der Waals surface area contributed by atoms with E-state index in [0.29, 0.717) is 17.3 Å². The largest absolute Gasteiger partial charge is 0.435 e. The SMILES string of the molecule is NCc1nc(-c2ccc(OC(F)F)cc2)no1. The third-order valence-corrected chi connectivity index (χ3v) is 1.98. The Hall–Kier alpha value is -2.02. The molecule has 2 N–H and O–H groups in total. The number of rotatable bonds is 4. The molecule has 0 saturated heterocycles. The number of hydrogen-bond acceptors (Lipinski definition) is 5. The van der Waals surface area contributed by atoms with E-state index >= 15 is 0 Å². The fourth-order valence-electron chi connectivity index (χ4n) is 1.24. The first kappa shape index (κ1) is 11.5. The maximum atomic E-state index is 11.9. The summed E-state index contributed by atoms with van der Waals surface area (Å²) in [5.74, 6) is 0.744. The van der Waals surface area contributed by atoms with Gasteiger partial charge in [-0.25, -0.2) is 0 Å². The molecule has 0 fully saturated rings. The zero-order chi connectivity index (χ0) is 12.3. The number of benzene rings is 1. The quantitative estimate of drug-likeness (QED) is 0.883. The van der Waals surface area contributed by atoms with E-state index in [2.05, 4.69) is 14.9 Å². The van der Waals surface area contributed by atoms with Crippen molar-refractivity contribution < 1.29 is 18.0 Å². The first-order valence-electron chi connectivity index (χ1n) is 4.77. The average molecular weight is 241 g/mol. The number of halogens is 2. The molecule has 5 nitrogen and oxygen atoms in total. The first-order valence-corrected chi connectivity index (χ1v) is 4.77. The Morgan fingerprint density at radius 2 is 2.00 bits per heavy atom. The highest BCUT2D eigenvalue weighted by atomic mass is 19.3. The molecule has 2 aromatic rings. The number of alkyl halides is 2. The molecule has 0 aliphatic heterocycles. The van der Waals surface area contributed by atoms with Crippen molar-refractivity contribution in [2.24, 2.45) is 5.73 Å². The lowest BCUT2D eigenvalue weighted by Crippen LogP contribution is -2.01. The van der Waals surface area contributed by atoms with Gasteiger partial charge in [0.1, 0.15) is 5.75 Å². The van der Waals surface area contributed by atoms with Crippen molar-refractivity contribution in [2.75, 3.05) is 0 Å². The normalized spacial score (nSPS) is 10.8. The minimum atomic E-state index is -2.84. The van der Waals surface area contributed by atoms with Gasteiger partial charge < -0.3 is 15.0 Å². The van der Waals surface area contributed by atoms with Gasteiger partial charge in [0.05, 0.1) is 6.54 Å². The van der Waals surface area contributed by atoms with Crippen molar-refractivity contribution in [1.29, 1.82) is 0 Å². The van der Waals surface area contributed by atoms with Gasteiger partial charge in [-0.15, -0.1) is 0 Å². The van der Waals surface area contributed by atoms with Crippen molar-refractivity contribution in [3.8, 4) is 17.1 Å². The molecule has 1 aromatic heterocycles. The third-order valence-electron chi connectivity index (χ3n) is 1.98. The standard InChI is InChI=1S/C10H9F2N3O2/c11-10(12)16-7-3-1-6(2-4-7)9-14-8(5-13)17-15-9/h1-4,10H,5,13H2. The number of aromatic nitrogens is 2. The molecule has 0 spiro atoms. The van der Waals surface area contributed by atoms with Crippen LogP contribution in [0.25, 0.3) is 11.4 Å². The molecule has 0 unspecified atom stereocenters. The van der Waals surface area contributed by atoms with E-state index in [4.69, 9.17) is 10.3 Å². The van der Waals surface area contributed by atoms with Gasteiger partial charge >= 0.3 is 6.61 Å². The zero-order valence-electron chi connectivity index (χ0n) is 8.64. The fourth-order valence-corrected chi connectivity index (χ4v) is 1.24. The molecule has 0 bridgehead atoms. The summed E-state index contributed by atoms with van der Waals surface area (Å²) in [6.45, 7) is -2.69. The van der Waals surface area contributed by atoms with E-state index in [9.17, 15) is 8.78 Å². The van der Waals surface area contributed by atoms with Crippen LogP contribution in [0.3, 0.4) is 0 Å². The van der Waals surface area contributed by atoms with Gasteiger partial charge in [0.15, 0.2) is 0 Å². The molecule has 0 aliphatic rings. The number of hydrogen-bond donors (Lipinski definition) is 1. The maximum Gasteiger partial charge on any atom is 0.387 e. The summed E-state index contributed by atoms with van der Waals surface area (Å²) < 4.78 is 32.9. The Kier molecular flexibility index (Phi) is 3.29. The topological polar surface area (TPSA) is 74.2 Å². The van der Waals surface area contributed by atoms with Gasteiger partial charge in [0.2, 0.25) is 11.7 Å². The lowest BCUT2D eigenvalue weighted by molar-refractivity contribution is -0.0498. The number of ether oxygens (including phenoxy) is 1. The van der Waals surface area contributed by atoms with Gasteiger partial charge in [-0.05, 0) is 24.3 Å². The van der Waals surface area contributed by atoms with Gasteiger partial charge in [-0.2, -0.15) is 13.8 Å². The summed E-state index contributed by atoms with van der Waals surface area (Å²) in [5, 5.41) is 3.69. The Morgan fingerprint density at radius 3 is 2.53 bits per heavy atom. The molecule has 0 amide bonds. The van der Waals surface area contributed by atoms with E-state index in [1.807, 2.05) is 0 Å². The van der Waals surface area contributed by atoms with Gasteiger partial charge in [0, 0.05) is 5.56 Å². The molecule has 0 aliphatic carbocycles. The molecule has 90 valence electrons. The fraction of sp³-hybridized carbons (Fsp3) is 0.200. The zero-order valence-corrected chi connectivity index (χ0v) is 8.64. The Balaban J connectivity index is 2.17. The molecule has 1 aromatic carbocycles. The predicted octanol–water partition coefficient (Wildman–Crippen LogP) is 1.80. The highest BCUT2D eigenvalue weighted by Crippen LogP contribution is 2.20. The van der Waals surface area contributed by atoms with E-state index in [1.165, 1.54) is 12.1 Å². The molecule has 0 atom stereocenters. The first-order chi connectivity index (χ1) is 8.19. The molecular formula is C10H9F2N3O2. The second kappa shape index (κ2) is 4.88. The minimum Gasteiger partial charge on any atom is -0.435 e. The van der Waals surface area contributed by atoms with Crippen molar-refractivity contribution in [1.82, 2.24) is 10.1 Å². The summed E-state index contributed by atoms with van der Waals surface area (Å²) in [6, 6.07) is 5.92. The smallest absolute Gasteiger partial charge is 0.387 e. The van der Waals surface area contributed by atoms with Crippen molar-refractivity contribution in [3.63, 3.8) is 0 Å². The highest BCUT2D eigenvalue weighted by Gasteiger charge is 2.08. The van der Waals surface area contributed by atoms with E-state index < -0.39 is 6.61 Å². The van der Waals surface area contributed by atoms with Crippen LogP contribution in [-0.2, 0) is 6.54 Å². The van der Waals surface area contributed by atoms with E-state index in [0.717, 1.165) is 0 Å². The van der Waals surface area contributed by atoms with Crippen LogP contribution in [0.5, 0.6) is 5.75 Å². The second-order valence-corrected chi connectivity index (χ2v) is 3.12. The lowest BCUT2D eigenvalue weighted by atomic mass is 10.2. The summed E-state index contributed by atoms with van der Waals surface area (Å²) in [6.07, 6.45) is 0. The molecule has 17 heavy (non-hydrogen) atoms. The van der Waals surface area contributed by atoms with E-state index in [1.54, 1.807) is 12.1 Å². The van der Waals surface area contributed by atoms with Crippen molar-refractivity contribution in [2.45, 2.75) is 13.2 Å². The third kappa shape index (κ3) is 2.76. The van der Waals surface area contributed by atoms with Crippen LogP contribution in [0.1, 0.15) is 5.89 Å². The van der Waals surface area contributed by atoms with Crippen molar-refractivity contribution >= 4 is 0 Å². The van der Waals surface area contributed by atoms with Crippen LogP contribution in [-0.4, -0.2) is 16.8 Å². The minimum absolute atomic E-state index is 0.0753. The van der Waals surface area contributed by atoms with Gasteiger partial charge in [-0.1, -0.05) is 5.16 Å². The molecular weight excluding hydrogens is 232 g/mol. The van der Waals surface area contributed by atoms with Crippen LogP contribution < -0.4 is 10.5 Å². The van der Waals surface area contributed by atoms with Crippen LogP contribution in [0.2, 0.25) is 0 Å². The maximum absolute atomic E-state index is 11.9. The van der Waals surface area contributed by atoms with Crippen LogP contribution in [0, 0.1) is 0 Å². The van der Waals surface area contributed by atoms with Gasteiger partial charge in [0.25, 0.3) is 0 Å². The summed E-state index contributed by atoms with van der Waals surface area (Å²) in [5.41, 5.74) is 5.95. The molecule has 0 saturated carbocycles. The molecule has 1 heterocycles. The predicted molar refractivity (Wildman–Crippen MR) is 54.3 cm³/mol. The Bertz CT molecular complexity index is 485. The van der Waals surface area contributed by atoms with E-state index in [-0.39, 0.29) is 12.3 Å². The summed E-state index contributed by atoms with van der Waals surface area (Å²) >= 11 is 0.